The number of aryl methyl sites for hydroxylation is 2. The molecule has 0 saturated carbocycles. The van der Waals surface area contributed by atoms with Crippen LogP contribution in [0.3, 0.4) is 0 Å². The highest BCUT2D eigenvalue weighted by Gasteiger charge is 2.23. The lowest BCUT2D eigenvalue weighted by Crippen LogP contribution is -2.41. The zero-order chi connectivity index (χ0) is 29.2. The Morgan fingerprint density at radius 3 is 2.41 bits per heavy atom. The van der Waals surface area contributed by atoms with Crippen molar-refractivity contribution in [1.29, 1.82) is 0 Å². The number of nitrogens with one attached hydrogen (secondary N) is 1. The van der Waals surface area contributed by atoms with Crippen molar-refractivity contribution < 1.29 is 28.9 Å². The molecule has 0 spiro atoms. The number of hydrogen-bond acceptors (Lipinski definition) is 6. The number of carbonyl (C=O) groups excluding carboxylic acids is 1. The van der Waals surface area contributed by atoms with E-state index in [0.717, 1.165) is 58.6 Å². The van der Waals surface area contributed by atoms with E-state index in [-0.39, 0.29) is 0 Å². The van der Waals surface area contributed by atoms with E-state index in [4.69, 9.17) is 14.2 Å². The average Bonchev–Trinajstić information content (AvgIpc) is 2.98. The molecule has 4 rings (SSSR count). The van der Waals surface area contributed by atoms with Crippen molar-refractivity contribution in [1.82, 2.24) is 5.32 Å². The van der Waals surface area contributed by atoms with E-state index in [1.165, 1.54) is 5.56 Å². The van der Waals surface area contributed by atoms with E-state index in [9.17, 15) is 14.7 Å². The average molecular weight is 578 g/mol. The molecule has 0 aliphatic carbocycles. The minimum Gasteiger partial charge on any atom is -0.486 e. The molecule has 0 bridgehead atoms. The molecular formula is C33H39NO6S. The fourth-order valence-corrected chi connectivity index (χ4v) is 5.36. The van der Waals surface area contributed by atoms with Gasteiger partial charge in [-0.15, -0.1) is 0 Å². The van der Waals surface area contributed by atoms with Crippen molar-refractivity contribution in [2.24, 2.45) is 0 Å². The maximum atomic E-state index is 13.3. The SMILES string of the molecule is CCCCc1cc2c(cc1COCc1ccc(C(=O)N[C@@H](CCSC)C(=O)O)c(-c3ccccc3C)c1)OCCO2. The molecule has 0 saturated heterocycles. The molecule has 1 heterocycles. The number of rotatable bonds is 14. The van der Waals surface area contributed by atoms with Crippen LogP contribution in [0.2, 0.25) is 0 Å². The lowest BCUT2D eigenvalue weighted by molar-refractivity contribution is -0.139. The molecule has 3 aromatic carbocycles. The van der Waals surface area contributed by atoms with Crippen molar-refractivity contribution in [2.75, 3.05) is 25.2 Å². The summed E-state index contributed by atoms with van der Waals surface area (Å²) in [7, 11) is 0. The fourth-order valence-electron chi connectivity index (χ4n) is 4.89. The van der Waals surface area contributed by atoms with Gasteiger partial charge in [0, 0.05) is 5.56 Å². The van der Waals surface area contributed by atoms with Gasteiger partial charge in [-0.3, -0.25) is 4.79 Å². The molecule has 0 fully saturated rings. The number of amides is 1. The summed E-state index contributed by atoms with van der Waals surface area (Å²) in [4.78, 5) is 25.1. The van der Waals surface area contributed by atoms with Gasteiger partial charge in [0.05, 0.1) is 13.2 Å². The lowest BCUT2D eigenvalue weighted by Gasteiger charge is -2.21. The maximum Gasteiger partial charge on any atom is 0.326 e. The zero-order valence-corrected chi connectivity index (χ0v) is 24.9. The van der Waals surface area contributed by atoms with Gasteiger partial charge < -0.3 is 24.6 Å². The number of thioether (sulfide) groups is 1. The van der Waals surface area contributed by atoms with Crippen LogP contribution >= 0.6 is 11.8 Å². The smallest absolute Gasteiger partial charge is 0.326 e. The van der Waals surface area contributed by atoms with Crippen molar-refractivity contribution in [3.05, 3.63) is 82.4 Å². The van der Waals surface area contributed by atoms with Gasteiger partial charge in [0.2, 0.25) is 0 Å². The summed E-state index contributed by atoms with van der Waals surface area (Å²) in [6.45, 7) is 6.05. The number of benzene rings is 3. The van der Waals surface area contributed by atoms with Gasteiger partial charge in [-0.1, -0.05) is 43.7 Å². The van der Waals surface area contributed by atoms with Crippen molar-refractivity contribution in [3.63, 3.8) is 0 Å². The summed E-state index contributed by atoms with van der Waals surface area (Å²) in [6.07, 6.45) is 5.39. The topological polar surface area (TPSA) is 94.1 Å². The Bertz CT molecular complexity index is 1360. The van der Waals surface area contributed by atoms with Gasteiger partial charge in [-0.05, 0) is 95.8 Å². The van der Waals surface area contributed by atoms with E-state index in [0.29, 0.717) is 44.2 Å². The number of hydrogen-bond donors (Lipinski definition) is 2. The van der Waals surface area contributed by atoms with Gasteiger partial charge >= 0.3 is 5.97 Å². The number of carboxylic acids is 1. The molecule has 1 atom stereocenters. The van der Waals surface area contributed by atoms with Crippen LogP contribution in [0.25, 0.3) is 11.1 Å². The molecule has 0 unspecified atom stereocenters. The monoisotopic (exact) mass is 577 g/mol. The highest BCUT2D eigenvalue weighted by Crippen LogP contribution is 2.34. The van der Waals surface area contributed by atoms with Gasteiger partial charge in [0.25, 0.3) is 5.91 Å². The van der Waals surface area contributed by atoms with Crippen LogP contribution in [0, 0.1) is 6.92 Å². The fraction of sp³-hybridized carbons (Fsp3) is 0.394. The molecular weight excluding hydrogens is 538 g/mol. The van der Waals surface area contributed by atoms with Crippen LogP contribution in [0.1, 0.15) is 58.8 Å². The minimum absolute atomic E-state index is 0.355. The number of ether oxygens (including phenoxy) is 3. The molecule has 0 aromatic heterocycles. The largest absolute Gasteiger partial charge is 0.486 e. The quantitative estimate of drug-likeness (QED) is 0.228. The summed E-state index contributed by atoms with van der Waals surface area (Å²) >= 11 is 1.55. The molecule has 0 radical (unpaired) electrons. The van der Waals surface area contributed by atoms with Crippen LogP contribution in [-0.4, -0.2) is 48.2 Å². The summed E-state index contributed by atoms with van der Waals surface area (Å²) in [6, 6.07) is 16.6. The summed E-state index contributed by atoms with van der Waals surface area (Å²) < 4.78 is 17.8. The van der Waals surface area contributed by atoms with E-state index in [1.54, 1.807) is 17.8 Å². The number of carbonyl (C=O) groups is 2. The Hall–Kier alpha value is -3.49. The molecule has 1 amide bonds. The van der Waals surface area contributed by atoms with E-state index in [2.05, 4.69) is 18.3 Å². The van der Waals surface area contributed by atoms with Gasteiger partial charge in [0.15, 0.2) is 11.5 Å². The Morgan fingerprint density at radius 1 is 1.00 bits per heavy atom. The second-order valence-electron chi connectivity index (χ2n) is 10.2. The minimum atomic E-state index is -1.03. The van der Waals surface area contributed by atoms with Crippen LogP contribution in [0.15, 0.2) is 54.6 Å². The Balaban J connectivity index is 1.56. The van der Waals surface area contributed by atoms with Crippen LogP contribution < -0.4 is 14.8 Å². The molecule has 3 aromatic rings. The third-order valence-corrected chi connectivity index (χ3v) is 7.81. The van der Waals surface area contributed by atoms with Crippen LogP contribution in [0.5, 0.6) is 11.5 Å². The van der Waals surface area contributed by atoms with E-state index < -0.39 is 17.9 Å². The Morgan fingerprint density at radius 2 is 1.73 bits per heavy atom. The Kier molecular flexibility index (Phi) is 11.1. The molecule has 7 nitrogen and oxygen atoms in total. The Labute approximate surface area is 246 Å². The predicted molar refractivity (Wildman–Crippen MR) is 163 cm³/mol. The van der Waals surface area contributed by atoms with Crippen LogP contribution in [-0.2, 0) is 29.2 Å². The van der Waals surface area contributed by atoms with Gasteiger partial charge in [-0.2, -0.15) is 11.8 Å². The lowest BCUT2D eigenvalue weighted by atomic mass is 9.93. The first-order chi connectivity index (χ1) is 19.9. The molecule has 2 N–H and O–H groups in total. The van der Waals surface area contributed by atoms with Crippen molar-refractivity contribution in [2.45, 2.75) is 58.8 Å². The number of unbranched alkanes of at least 4 members (excludes halogenated alkanes) is 1. The second kappa shape index (κ2) is 14.9. The first-order valence-electron chi connectivity index (χ1n) is 14.1. The predicted octanol–water partition coefficient (Wildman–Crippen LogP) is 6.43. The van der Waals surface area contributed by atoms with E-state index >= 15 is 0 Å². The van der Waals surface area contributed by atoms with E-state index in [1.807, 2.05) is 55.6 Å². The zero-order valence-electron chi connectivity index (χ0n) is 24.0. The summed E-state index contributed by atoms with van der Waals surface area (Å²) in [5.74, 6) is 0.751. The molecule has 8 heteroatoms. The maximum absolute atomic E-state index is 13.3. The van der Waals surface area contributed by atoms with Gasteiger partial charge in [0.1, 0.15) is 19.3 Å². The number of carboxylic acid groups (broad SMARTS) is 1. The van der Waals surface area contributed by atoms with Crippen LogP contribution in [0.4, 0.5) is 0 Å². The summed E-state index contributed by atoms with van der Waals surface area (Å²) in [5.41, 5.74) is 6.34. The number of aliphatic carboxylic acids is 1. The molecule has 41 heavy (non-hydrogen) atoms. The van der Waals surface area contributed by atoms with Gasteiger partial charge in [-0.25, -0.2) is 4.79 Å². The number of fused-ring (bicyclic) bond motifs is 1. The van der Waals surface area contributed by atoms with Crippen molar-refractivity contribution in [3.8, 4) is 22.6 Å². The molecule has 218 valence electrons. The molecule has 1 aliphatic rings. The first kappa shape index (κ1) is 30.5. The highest BCUT2D eigenvalue weighted by atomic mass is 32.2. The first-order valence-corrected chi connectivity index (χ1v) is 15.5. The highest BCUT2D eigenvalue weighted by molar-refractivity contribution is 7.98. The standard InChI is InChI=1S/C33H39NO6S/c1-4-5-9-24-18-30-31(40-15-14-39-30)19-25(24)21-38-20-23-11-12-27(28(17-23)26-10-7-6-8-22(26)2)32(35)34-29(33(36)37)13-16-41-3/h6-8,10-12,17-19,29H,4-5,9,13-16,20-21H2,1-3H3,(H,34,35)(H,36,37)/t29-/m0/s1. The third-order valence-electron chi connectivity index (χ3n) is 7.17. The molecule has 1 aliphatic heterocycles. The summed E-state index contributed by atoms with van der Waals surface area (Å²) in [5, 5.41) is 12.4. The normalized spacial score (nSPS) is 13.0. The third kappa shape index (κ3) is 8.05. The second-order valence-corrected chi connectivity index (χ2v) is 11.2. The van der Waals surface area contributed by atoms with Crippen molar-refractivity contribution >= 4 is 23.6 Å².